The van der Waals surface area contributed by atoms with Gasteiger partial charge in [-0.25, -0.2) is 0 Å². The van der Waals surface area contributed by atoms with Crippen LogP contribution in [0.5, 0.6) is 0 Å². The molecule has 0 N–H and O–H groups in total. The molecule has 13 heavy (non-hydrogen) atoms. The molecule has 0 aliphatic heterocycles. The third-order valence-electron chi connectivity index (χ3n) is 4.19. The van der Waals surface area contributed by atoms with Gasteiger partial charge in [0, 0.05) is 0 Å². The molecule has 0 unspecified atom stereocenters. The van der Waals surface area contributed by atoms with E-state index < -0.39 is 0 Å². The number of rotatable bonds is 0. The van der Waals surface area contributed by atoms with E-state index in [-0.39, 0.29) is 0 Å². The molecule has 0 heterocycles. The van der Waals surface area contributed by atoms with Crippen LogP contribution in [-0.4, -0.2) is 0 Å². The summed E-state index contributed by atoms with van der Waals surface area (Å²) in [5.41, 5.74) is 2.21. The minimum Gasteiger partial charge on any atom is -0.0993 e. The minimum atomic E-state index is 0.606. The minimum absolute atomic E-state index is 0.606. The molecule has 2 saturated carbocycles. The van der Waals surface area contributed by atoms with Crippen LogP contribution in [0.15, 0.2) is 12.2 Å². The second-order valence-electron chi connectivity index (χ2n) is 5.01. The van der Waals surface area contributed by atoms with Crippen molar-refractivity contribution >= 4 is 0 Å². The molecule has 0 atom stereocenters. The van der Waals surface area contributed by atoms with Gasteiger partial charge < -0.3 is 0 Å². The Labute approximate surface area is 82.4 Å². The van der Waals surface area contributed by atoms with E-state index in [0.29, 0.717) is 5.41 Å². The zero-order valence-electron chi connectivity index (χ0n) is 8.78. The fourth-order valence-electron chi connectivity index (χ4n) is 3.25. The summed E-state index contributed by atoms with van der Waals surface area (Å²) < 4.78 is 0. The SMILES string of the molecule is C=C1CCCCCC12CCCCC2. The fourth-order valence-corrected chi connectivity index (χ4v) is 3.25. The summed E-state index contributed by atoms with van der Waals surface area (Å²) in [5.74, 6) is 0. The monoisotopic (exact) mass is 178 g/mol. The lowest BCUT2D eigenvalue weighted by atomic mass is 9.67. The Bertz CT molecular complexity index is 184. The van der Waals surface area contributed by atoms with E-state index >= 15 is 0 Å². The van der Waals surface area contributed by atoms with Gasteiger partial charge in [0.2, 0.25) is 0 Å². The molecule has 2 rings (SSSR count). The van der Waals surface area contributed by atoms with Crippen LogP contribution in [0, 0.1) is 5.41 Å². The fraction of sp³-hybridized carbons (Fsp3) is 0.846. The van der Waals surface area contributed by atoms with Crippen LogP contribution in [0.25, 0.3) is 0 Å². The summed E-state index contributed by atoms with van der Waals surface area (Å²) in [4.78, 5) is 0. The van der Waals surface area contributed by atoms with Crippen LogP contribution < -0.4 is 0 Å². The van der Waals surface area contributed by atoms with Gasteiger partial charge in [0.05, 0.1) is 0 Å². The van der Waals surface area contributed by atoms with Gasteiger partial charge in [0.15, 0.2) is 0 Å². The number of hydrogen-bond acceptors (Lipinski definition) is 0. The first-order valence-corrected chi connectivity index (χ1v) is 6.02. The van der Waals surface area contributed by atoms with E-state index in [4.69, 9.17) is 0 Å². The summed E-state index contributed by atoms with van der Waals surface area (Å²) in [7, 11) is 0. The zero-order chi connectivity index (χ0) is 9.15. The molecule has 0 bridgehead atoms. The first-order valence-electron chi connectivity index (χ1n) is 6.02. The first kappa shape index (κ1) is 9.30. The number of allylic oxidation sites excluding steroid dienone is 1. The van der Waals surface area contributed by atoms with Crippen molar-refractivity contribution in [2.45, 2.75) is 64.2 Å². The van der Waals surface area contributed by atoms with Crippen LogP contribution >= 0.6 is 0 Å². The molecule has 2 aliphatic rings. The summed E-state index contributed by atoms with van der Waals surface area (Å²) in [6.45, 7) is 4.35. The van der Waals surface area contributed by atoms with Crippen LogP contribution in [0.4, 0.5) is 0 Å². The molecule has 0 heteroatoms. The van der Waals surface area contributed by atoms with E-state index in [1.165, 1.54) is 64.2 Å². The summed E-state index contributed by atoms with van der Waals surface area (Å²) in [6, 6.07) is 0. The van der Waals surface area contributed by atoms with Crippen molar-refractivity contribution in [1.82, 2.24) is 0 Å². The highest BCUT2D eigenvalue weighted by Crippen LogP contribution is 2.48. The lowest BCUT2D eigenvalue weighted by Gasteiger charge is -2.38. The average molecular weight is 178 g/mol. The Kier molecular flexibility index (Phi) is 2.76. The topological polar surface area (TPSA) is 0 Å². The van der Waals surface area contributed by atoms with Crippen LogP contribution in [0.3, 0.4) is 0 Å². The Morgan fingerprint density at radius 3 is 1.92 bits per heavy atom. The third kappa shape index (κ3) is 1.82. The normalized spacial score (nSPS) is 28.8. The van der Waals surface area contributed by atoms with Gasteiger partial charge in [-0.3, -0.25) is 0 Å². The zero-order valence-corrected chi connectivity index (χ0v) is 8.78. The molecule has 0 radical (unpaired) electrons. The van der Waals surface area contributed by atoms with Gasteiger partial charge in [-0.05, 0) is 37.5 Å². The highest BCUT2D eigenvalue weighted by atomic mass is 14.4. The van der Waals surface area contributed by atoms with Gasteiger partial charge in [-0.15, -0.1) is 0 Å². The van der Waals surface area contributed by atoms with Crippen molar-refractivity contribution in [3.63, 3.8) is 0 Å². The van der Waals surface area contributed by atoms with Gasteiger partial charge >= 0.3 is 0 Å². The summed E-state index contributed by atoms with van der Waals surface area (Å²) in [5, 5.41) is 0. The maximum Gasteiger partial charge on any atom is -0.00908 e. The van der Waals surface area contributed by atoms with Gasteiger partial charge in [-0.1, -0.05) is 44.3 Å². The van der Waals surface area contributed by atoms with Crippen LogP contribution in [-0.2, 0) is 0 Å². The number of hydrogen-bond donors (Lipinski definition) is 0. The van der Waals surface area contributed by atoms with E-state index in [2.05, 4.69) is 6.58 Å². The van der Waals surface area contributed by atoms with Crippen LogP contribution in [0.1, 0.15) is 64.2 Å². The molecule has 0 aromatic rings. The standard InChI is InChI=1S/C13H22/c1-12-8-4-2-5-9-13(12)10-6-3-7-11-13/h1-11H2. The lowest BCUT2D eigenvalue weighted by Crippen LogP contribution is -2.25. The summed E-state index contributed by atoms with van der Waals surface area (Å²) in [6.07, 6.45) is 14.4. The highest BCUT2D eigenvalue weighted by Gasteiger charge is 2.34. The van der Waals surface area contributed by atoms with Gasteiger partial charge in [0.25, 0.3) is 0 Å². The first-order chi connectivity index (χ1) is 6.33. The predicted molar refractivity (Wildman–Crippen MR) is 57.7 cm³/mol. The second-order valence-corrected chi connectivity index (χ2v) is 5.01. The van der Waals surface area contributed by atoms with Crippen molar-refractivity contribution < 1.29 is 0 Å². The molecule has 0 aromatic heterocycles. The Morgan fingerprint density at radius 2 is 1.31 bits per heavy atom. The smallest absolute Gasteiger partial charge is 0.00908 e. The lowest BCUT2D eigenvalue weighted by molar-refractivity contribution is 0.220. The molecule has 0 aromatic carbocycles. The van der Waals surface area contributed by atoms with E-state index in [0.717, 1.165) is 0 Å². The predicted octanol–water partition coefficient (Wildman–Crippen LogP) is 4.46. The average Bonchev–Trinajstić information content (AvgIpc) is 2.33. The molecule has 2 aliphatic carbocycles. The van der Waals surface area contributed by atoms with Crippen molar-refractivity contribution in [2.75, 3.05) is 0 Å². The second kappa shape index (κ2) is 3.86. The Balaban J connectivity index is 2.10. The van der Waals surface area contributed by atoms with Crippen molar-refractivity contribution in [3.05, 3.63) is 12.2 Å². The van der Waals surface area contributed by atoms with Gasteiger partial charge in [-0.2, -0.15) is 0 Å². The maximum atomic E-state index is 4.35. The van der Waals surface area contributed by atoms with E-state index in [9.17, 15) is 0 Å². The van der Waals surface area contributed by atoms with Gasteiger partial charge in [0.1, 0.15) is 0 Å². The van der Waals surface area contributed by atoms with Crippen molar-refractivity contribution in [2.24, 2.45) is 5.41 Å². The van der Waals surface area contributed by atoms with Crippen molar-refractivity contribution in [3.8, 4) is 0 Å². The molecule has 1 spiro atoms. The van der Waals surface area contributed by atoms with Crippen molar-refractivity contribution in [1.29, 1.82) is 0 Å². The largest absolute Gasteiger partial charge is 0.0993 e. The third-order valence-corrected chi connectivity index (χ3v) is 4.19. The molecular formula is C13H22. The van der Waals surface area contributed by atoms with E-state index in [1.54, 1.807) is 5.57 Å². The van der Waals surface area contributed by atoms with E-state index in [1.807, 2.05) is 0 Å². The Hall–Kier alpha value is -0.260. The molecule has 74 valence electrons. The quantitative estimate of drug-likeness (QED) is 0.480. The molecular weight excluding hydrogens is 156 g/mol. The maximum absolute atomic E-state index is 4.35. The highest BCUT2D eigenvalue weighted by molar-refractivity contribution is 5.12. The summed E-state index contributed by atoms with van der Waals surface area (Å²) >= 11 is 0. The molecule has 0 amide bonds. The van der Waals surface area contributed by atoms with Crippen LogP contribution in [0.2, 0.25) is 0 Å². The Morgan fingerprint density at radius 1 is 0.769 bits per heavy atom. The molecule has 2 fully saturated rings. The molecule has 0 nitrogen and oxygen atoms in total. The molecule has 0 saturated heterocycles.